The molecule has 0 saturated carbocycles. The third-order valence-corrected chi connectivity index (χ3v) is 5.35. The first-order valence-electron chi connectivity index (χ1n) is 11.8. The number of nitrogens with zero attached hydrogens (tertiary/aromatic N) is 5. The molecule has 1 unspecified atom stereocenters. The Morgan fingerprint density at radius 3 is 2.51 bits per heavy atom. The molecule has 13 nitrogen and oxygen atoms in total. The van der Waals surface area contributed by atoms with E-state index < -0.39 is 30.3 Å². The highest BCUT2D eigenvalue weighted by molar-refractivity contribution is 5.97. The van der Waals surface area contributed by atoms with E-state index in [9.17, 15) is 14.7 Å². The molecule has 1 aliphatic rings. The number of nitrogens with two attached hydrogens (primary N) is 1. The van der Waals surface area contributed by atoms with Crippen molar-refractivity contribution in [2.75, 3.05) is 48.9 Å². The highest BCUT2D eigenvalue weighted by Crippen LogP contribution is 2.26. The lowest BCUT2D eigenvalue weighted by Gasteiger charge is -2.28. The van der Waals surface area contributed by atoms with Crippen LogP contribution in [0.5, 0.6) is 0 Å². The van der Waals surface area contributed by atoms with E-state index in [0.29, 0.717) is 54.7 Å². The lowest BCUT2D eigenvalue weighted by atomic mass is 10.1. The van der Waals surface area contributed by atoms with E-state index in [-0.39, 0.29) is 5.95 Å². The Bertz CT molecular complexity index is 1270. The van der Waals surface area contributed by atoms with E-state index in [0.717, 1.165) is 5.56 Å². The Labute approximate surface area is 213 Å². The fraction of sp³-hybridized carbons (Fsp3) is 0.417. The summed E-state index contributed by atoms with van der Waals surface area (Å²) < 4.78 is 10.6. The Kier molecular flexibility index (Phi) is 7.64. The third kappa shape index (κ3) is 6.57. The van der Waals surface area contributed by atoms with E-state index in [1.165, 1.54) is 0 Å². The lowest BCUT2D eigenvalue weighted by molar-refractivity contribution is -0.119. The Hall–Kier alpha value is -4.10. The standard InChI is InChI=1S/C24H30N8O5/c1-24(2,3)37-23(35)29-17(13-33)21(34)27-15-6-4-14(5-7-15)16-12-26-19-18(28-16)20(31-22(25)30-19)32-8-10-36-11-9-32/h4-7,12,17,33H,8-11,13H2,1-3H3,(H,27,34)(H,29,35)(H2,25,26,30,31). The number of benzene rings is 1. The van der Waals surface area contributed by atoms with Gasteiger partial charge in [0.1, 0.15) is 11.6 Å². The van der Waals surface area contributed by atoms with Crippen molar-refractivity contribution in [1.82, 2.24) is 25.3 Å². The number of aromatic nitrogens is 4. The normalized spacial score (nSPS) is 14.8. The van der Waals surface area contributed by atoms with Crippen LogP contribution in [0.15, 0.2) is 30.5 Å². The number of nitrogens with one attached hydrogen (secondary N) is 2. The second-order valence-electron chi connectivity index (χ2n) is 9.38. The SMILES string of the molecule is CC(C)(C)OC(=O)NC(CO)C(=O)Nc1ccc(-c2cnc3nc(N)nc(N4CCOCC4)c3n2)cc1. The summed E-state index contributed by atoms with van der Waals surface area (Å²) in [6.45, 7) is 6.99. The van der Waals surface area contributed by atoms with Crippen LogP contribution >= 0.6 is 0 Å². The molecule has 1 saturated heterocycles. The second kappa shape index (κ2) is 10.9. The predicted molar refractivity (Wildman–Crippen MR) is 137 cm³/mol. The number of nitrogen functional groups attached to an aromatic ring is 1. The molecule has 37 heavy (non-hydrogen) atoms. The van der Waals surface area contributed by atoms with Crippen molar-refractivity contribution < 1.29 is 24.2 Å². The number of aliphatic hydroxyl groups excluding tert-OH is 1. The summed E-state index contributed by atoms with van der Waals surface area (Å²) >= 11 is 0. The Balaban J connectivity index is 1.50. The van der Waals surface area contributed by atoms with Gasteiger partial charge in [0.05, 0.1) is 31.7 Å². The number of ether oxygens (including phenoxy) is 2. The molecule has 5 N–H and O–H groups in total. The van der Waals surface area contributed by atoms with Gasteiger partial charge in [0.25, 0.3) is 0 Å². The van der Waals surface area contributed by atoms with Crippen LogP contribution in [0.3, 0.4) is 0 Å². The van der Waals surface area contributed by atoms with Gasteiger partial charge in [0.2, 0.25) is 11.9 Å². The van der Waals surface area contributed by atoms with Gasteiger partial charge in [-0.25, -0.2) is 14.8 Å². The Morgan fingerprint density at radius 1 is 1.16 bits per heavy atom. The number of aliphatic hydroxyl groups is 1. The van der Waals surface area contributed by atoms with Crippen LogP contribution in [0.2, 0.25) is 0 Å². The van der Waals surface area contributed by atoms with Crippen molar-refractivity contribution in [1.29, 1.82) is 0 Å². The highest BCUT2D eigenvalue weighted by Gasteiger charge is 2.24. The van der Waals surface area contributed by atoms with Gasteiger partial charge in [-0.05, 0) is 32.9 Å². The van der Waals surface area contributed by atoms with E-state index in [4.69, 9.17) is 20.2 Å². The topological polar surface area (TPSA) is 178 Å². The van der Waals surface area contributed by atoms with Gasteiger partial charge in [0.15, 0.2) is 17.0 Å². The molecule has 1 aromatic carbocycles. The van der Waals surface area contributed by atoms with Crippen molar-refractivity contribution in [3.8, 4) is 11.3 Å². The van der Waals surface area contributed by atoms with Crippen molar-refractivity contribution in [2.24, 2.45) is 0 Å². The van der Waals surface area contributed by atoms with Gasteiger partial charge in [-0.15, -0.1) is 0 Å². The summed E-state index contributed by atoms with van der Waals surface area (Å²) in [6, 6.07) is 5.74. The van der Waals surface area contributed by atoms with Crippen molar-refractivity contribution in [3.63, 3.8) is 0 Å². The zero-order valence-corrected chi connectivity index (χ0v) is 20.9. The second-order valence-corrected chi connectivity index (χ2v) is 9.38. The lowest BCUT2D eigenvalue weighted by Crippen LogP contribution is -2.47. The largest absolute Gasteiger partial charge is 0.444 e. The number of hydrogen-bond donors (Lipinski definition) is 4. The molecule has 4 rings (SSSR count). The predicted octanol–water partition coefficient (Wildman–Crippen LogP) is 1.33. The average molecular weight is 511 g/mol. The number of hydrogen-bond acceptors (Lipinski definition) is 11. The van der Waals surface area contributed by atoms with Crippen molar-refractivity contribution >= 4 is 40.6 Å². The molecular formula is C24H30N8O5. The van der Waals surface area contributed by atoms with Crippen molar-refractivity contribution in [2.45, 2.75) is 32.4 Å². The molecule has 1 aliphatic heterocycles. The summed E-state index contributed by atoms with van der Waals surface area (Å²) in [4.78, 5) is 44.3. The molecule has 0 aliphatic carbocycles. The van der Waals surface area contributed by atoms with E-state index in [1.807, 2.05) is 4.90 Å². The molecule has 1 atom stereocenters. The summed E-state index contributed by atoms with van der Waals surface area (Å²) in [6.07, 6.45) is 0.798. The molecule has 3 heterocycles. The molecule has 2 aromatic heterocycles. The molecule has 0 radical (unpaired) electrons. The van der Waals surface area contributed by atoms with Crippen molar-refractivity contribution in [3.05, 3.63) is 30.5 Å². The van der Waals surface area contributed by atoms with Crippen LogP contribution in [-0.4, -0.2) is 81.6 Å². The fourth-order valence-corrected chi connectivity index (χ4v) is 3.64. The number of carbonyl (C=O) groups excluding carboxylic acids is 2. The first-order valence-corrected chi connectivity index (χ1v) is 11.8. The van der Waals surface area contributed by atoms with E-state index in [1.54, 1.807) is 51.2 Å². The maximum absolute atomic E-state index is 12.6. The molecular weight excluding hydrogens is 480 g/mol. The number of alkyl carbamates (subject to hydrolysis) is 1. The number of amides is 2. The minimum atomic E-state index is -1.17. The summed E-state index contributed by atoms with van der Waals surface area (Å²) in [5, 5.41) is 14.6. The zero-order valence-electron chi connectivity index (χ0n) is 20.9. The van der Waals surface area contributed by atoms with E-state index in [2.05, 4.69) is 25.6 Å². The maximum Gasteiger partial charge on any atom is 0.408 e. The Morgan fingerprint density at radius 2 is 1.86 bits per heavy atom. The smallest absolute Gasteiger partial charge is 0.408 e. The minimum Gasteiger partial charge on any atom is -0.444 e. The number of rotatable bonds is 6. The van der Waals surface area contributed by atoms with Gasteiger partial charge in [-0.2, -0.15) is 9.97 Å². The summed E-state index contributed by atoms with van der Waals surface area (Å²) in [7, 11) is 0. The van der Waals surface area contributed by atoms with Gasteiger partial charge in [-0.3, -0.25) is 4.79 Å². The molecule has 2 amide bonds. The number of morpholine rings is 1. The van der Waals surface area contributed by atoms with Gasteiger partial charge >= 0.3 is 6.09 Å². The van der Waals surface area contributed by atoms with Crippen LogP contribution in [0, 0.1) is 0 Å². The van der Waals surface area contributed by atoms with Crippen LogP contribution in [-0.2, 0) is 14.3 Å². The molecule has 196 valence electrons. The fourth-order valence-electron chi connectivity index (χ4n) is 3.64. The summed E-state index contributed by atoms with van der Waals surface area (Å²) in [5.74, 6) is 0.145. The third-order valence-electron chi connectivity index (χ3n) is 5.35. The number of anilines is 3. The quantitative estimate of drug-likeness (QED) is 0.376. The number of fused-ring (bicyclic) bond motifs is 1. The van der Waals surface area contributed by atoms with Crippen LogP contribution in [0.4, 0.5) is 22.2 Å². The maximum atomic E-state index is 12.6. The van der Waals surface area contributed by atoms with Crippen LogP contribution in [0.1, 0.15) is 20.8 Å². The first-order chi connectivity index (χ1) is 17.6. The zero-order chi connectivity index (χ0) is 26.6. The monoisotopic (exact) mass is 510 g/mol. The van der Waals surface area contributed by atoms with Gasteiger partial charge < -0.3 is 35.8 Å². The molecule has 1 fully saturated rings. The highest BCUT2D eigenvalue weighted by atomic mass is 16.6. The molecule has 3 aromatic rings. The van der Waals surface area contributed by atoms with Gasteiger partial charge in [0, 0.05) is 24.3 Å². The molecule has 0 spiro atoms. The number of carbonyl (C=O) groups is 2. The average Bonchev–Trinajstić information content (AvgIpc) is 2.86. The van der Waals surface area contributed by atoms with E-state index >= 15 is 0 Å². The first kappa shape index (κ1) is 26.0. The van der Waals surface area contributed by atoms with Crippen LogP contribution < -0.4 is 21.3 Å². The van der Waals surface area contributed by atoms with Gasteiger partial charge in [-0.1, -0.05) is 12.1 Å². The molecule has 0 bridgehead atoms. The van der Waals surface area contributed by atoms with Crippen LogP contribution in [0.25, 0.3) is 22.4 Å². The molecule has 13 heteroatoms. The minimum absolute atomic E-state index is 0.124. The summed E-state index contributed by atoms with van der Waals surface area (Å²) in [5.41, 5.74) is 7.90.